The highest BCUT2D eigenvalue weighted by molar-refractivity contribution is 5.33. The van der Waals surface area contributed by atoms with Crippen molar-refractivity contribution in [3.63, 3.8) is 0 Å². The highest BCUT2D eigenvalue weighted by Crippen LogP contribution is 2.42. The van der Waals surface area contributed by atoms with E-state index < -0.39 is 105 Å². The van der Waals surface area contributed by atoms with Crippen LogP contribution in [0.3, 0.4) is 0 Å². The molecule has 0 amide bonds. The van der Waals surface area contributed by atoms with Crippen LogP contribution in [0, 0.1) is 5.89 Å². The number of hydrogen-bond donors (Lipinski definition) is 1. The monoisotopic (exact) mass is 287 g/mol. The lowest BCUT2D eigenvalue weighted by molar-refractivity contribution is -0.0619. The Bertz CT molecular complexity index is 1260. The third-order valence-electron chi connectivity index (χ3n) is 2.14. The largest absolute Gasteiger partial charge is 0.497 e. The maximum atomic E-state index is 12.2. The summed E-state index contributed by atoms with van der Waals surface area (Å²) in [6, 6.07) is -6.42. The fourth-order valence-corrected chi connectivity index (χ4v) is 1.34. The van der Waals surface area contributed by atoms with Gasteiger partial charge in [-0.15, -0.1) is 0 Å². The number of methoxy groups -OCH3 is 1. The summed E-state index contributed by atoms with van der Waals surface area (Å²) in [7, 11) is -3.57. The first kappa shape index (κ1) is 2.79. The Morgan fingerprint density at radius 3 is 3.37 bits per heavy atom. The Balaban J connectivity index is 3.47. The average molecular weight is 288 g/mol. The molecule has 2 rings (SSSR count). The lowest BCUT2D eigenvalue weighted by atomic mass is 9.71. The Hall–Kier alpha value is -1.06. The van der Waals surface area contributed by atoms with E-state index in [1.807, 2.05) is 0 Å². The summed E-state index contributed by atoms with van der Waals surface area (Å²) in [5, 5.41) is 12.2. The van der Waals surface area contributed by atoms with Gasteiger partial charge < -0.3 is 14.7 Å². The van der Waals surface area contributed by atoms with E-state index in [-0.39, 0.29) is 0 Å². The highest BCUT2D eigenvalue weighted by Gasteiger charge is 2.40. The van der Waals surface area contributed by atoms with Gasteiger partial charge in [-0.3, -0.25) is 0 Å². The number of rotatable bonds is 4. The maximum Gasteiger partial charge on any atom is 0.119 e. The normalized spacial score (nSPS) is 63.3. The molecular formula is C16H25NO2. The van der Waals surface area contributed by atoms with Gasteiger partial charge in [-0.25, -0.2) is 0 Å². The lowest BCUT2D eigenvalue weighted by Gasteiger charge is -2.41. The SMILES string of the molecule is [2H]c1c([2H])c(OC([2H])([2H])[2H])c([2H])c(C2(O)C([2H])([2H])C([2H])([2H])C([2H])([2H])C([2H])([2H])C2([2H])C([2H])([2H])N(C([2H])([2H])[2H])C([2H])([2H])[2H])c1[2H]. The first-order chi connectivity index (χ1) is 18.5. The molecular weight excluding hydrogens is 238 g/mol. The second kappa shape index (κ2) is 5.93. The Labute approximate surface area is 149 Å². The molecule has 2 atom stereocenters. The summed E-state index contributed by atoms with van der Waals surface area (Å²) >= 11 is 0. The van der Waals surface area contributed by atoms with Crippen molar-refractivity contribution >= 4 is 0 Å². The van der Waals surface area contributed by atoms with Crippen molar-refractivity contribution in [2.45, 2.75) is 31.1 Å². The molecule has 1 aliphatic rings. The Morgan fingerprint density at radius 2 is 2.58 bits per heavy atom. The van der Waals surface area contributed by atoms with Crippen molar-refractivity contribution in [3.8, 4) is 5.75 Å². The lowest BCUT2D eigenvalue weighted by Crippen LogP contribution is -2.43. The first-order valence-corrected chi connectivity index (χ1v) is 4.80. The van der Waals surface area contributed by atoms with E-state index in [1.54, 1.807) is 0 Å². The topological polar surface area (TPSA) is 32.7 Å². The van der Waals surface area contributed by atoms with E-state index in [0.29, 0.717) is 0 Å². The van der Waals surface area contributed by atoms with Crippen LogP contribution in [0.4, 0.5) is 0 Å². The number of aliphatic hydroxyl groups is 1. The second-order valence-electron chi connectivity index (χ2n) is 3.34. The van der Waals surface area contributed by atoms with Crippen LogP contribution in [-0.2, 0) is 5.60 Å². The van der Waals surface area contributed by atoms with Crippen LogP contribution in [0.25, 0.3) is 0 Å². The highest BCUT2D eigenvalue weighted by atomic mass is 16.5. The Kier molecular flexibility index (Phi) is 0.871. The molecule has 3 heteroatoms. The molecule has 0 saturated heterocycles. The molecule has 0 radical (unpaired) electrons. The summed E-state index contributed by atoms with van der Waals surface area (Å²) in [6.45, 7) is -13.2. The number of nitrogens with zero attached hydrogens (tertiary/aromatic N) is 1. The van der Waals surface area contributed by atoms with E-state index in [1.165, 1.54) is 0 Å². The van der Waals surface area contributed by atoms with Gasteiger partial charge >= 0.3 is 0 Å². The van der Waals surface area contributed by atoms with Crippen LogP contribution in [-0.4, -0.2) is 37.5 Å². The maximum absolute atomic E-state index is 12.2. The van der Waals surface area contributed by atoms with Gasteiger partial charge in [0.25, 0.3) is 0 Å². The molecule has 1 saturated carbocycles. The number of hydrogen-bond acceptors (Lipinski definition) is 3. The molecule has 3 nitrogen and oxygen atoms in total. The minimum atomic E-state index is -4.97. The van der Waals surface area contributed by atoms with Gasteiger partial charge in [0, 0.05) is 35.7 Å². The van der Waals surface area contributed by atoms with Gasteiger partial charge in [0.1, 0.15) is 5.75 Å². The smallest absolute Gasteiger partial charge is 0.119 e. The van der Waals surface area contributed by atoms with Crippen molar-refractivity contribution in [2.75, 3.05) is 27.5 Å². The molecule has 0 bridgehead atoms. The summed E-state index contributed by atoms with van der Waals surface area (Å²) in [5.41, 5.74) is -6.86. The minimum absolute atomic E-state index is 1.15. The van der Waals surface area contributed by atoms with Crippen molar-refractivity contribution in [3.05, 3.63) is 29.7 Å². The fraction of sp³-hybridized carbons (Fsp3) is 0.625. The molecule has 1 aliphatic carbocycles. The number of ether oxygens (including phenoxy) is 1. The zero-order chi connectivity index (χ0) is 34.7. The van der Waals surface area contributed by atoms with Crippen LogP contribution >= 0.6 is 0 Å². The van der Waals surface area contributed by atoms with Gasteiger partial charge in [-0.2, -0.15) is 0 Å². The summed E-state index contributed by atoms with van der Waals surface area (Å²) in [5.74, 6) is -6.52. The molecule has 1 fully saturated rings. The molecule has 106 valence electrons. The van der Waals surface area contributed by atoms with Gasteiger partial charge in [0.2, 0.25) is 0 Å². The van der Waals surface area contributed by atoms with Crippen molar-refractivity contribution in [1.82, 2.24) is 4.90 Å². The van der Waals surface area contributed by atoms with Crippen LogP contribution in [0.15, 0.2) is 24.2 Å². The van der Waals surface area contributed by atoms with Crippen LogP contribution in [0.1, 0.15) is 64.0 Å². The molecule has 1 N–H and O–H groups in total. The van der Waals surface area contributed by atoms with E-state index in [9.17, 15) is 5.11 Å². The summed E-state index contributed by atoms with van der Waals surface area (Å²) < 4.78 is 198. The average Bonchev–Trinajstić information content (AvgIpc) is 2.75. The molecule has 0 heterocycles. The van der Waals surface area contributed by atoms with Crippen molar-refractivity contribution < 1.29 is 42.7 Å². The third-order valence-corrected chi connectivity index (χ3v) is 2.14. The Morgan fingerprint density at radius 1 is 1.68 bits per heavy atom. The van der Waals surface area contributed by atoms with Gasteiger partial charge in [0.15, 0.2) is 0 Å². The molecule has 1 aromatic carbocycles. The zero-order valence-electron chi connectivity index (χ0n) is 33.3. The number of benzene rings is 1. The zero-order valence-corrected chi connectivity index (χ0v) is 9.30. The third kappa shape index (κ3) is 3.10. The molecule has 2 unspecified atom stereocenters. The van der Waals surface area contributed by atoms with Gasteiger partial charge in [-0.05, 0) is 44.3 Å². The van der Waals surface area contributed by atoms with Crippen LogP contribution in [0.2, 0.25) is 0 Å². The second-order valence-corrected chi connectivity index (χ2v) is 3.34. The van der Waals surface area contributed by atoms with Gasteiger partial charge in [0.05, 0.1) is 22.2 Å². The van der Waals surface area contributed by atoms with E-state index in [0.717, 1.165) is 0 Å². The van der Waals surface area contributed by atoms with E-state index >= 15 is 0 Å². The molecule has 0 spiro atoms. The van der Waals surface area contributed by atoms with Crippen molar-refractivity contribution in [1.29, 1.82) is 0 Å². The minimum Gasteiger partial charge on any atom is -0.497 e. The van der Waals surface area contributed by atoms with E-state index in [2.05, 4.69) is 4.74 Å². The van der Waals surface area contributed by atoms with E-state index in [4.69, 9.17) is 32.9 Å². The van der Waals surface area contributed by atoms with Crippen LogP contribution in [0.5, 0.6) is 5.75 Å². The van der Waals surface area contributed by atoms with Crippen molar-refractivity contribution in [2.24, 2.45) is 5.89 Å². The predicted octanol–water partition coefficient (Wildman–Crippen LogP) is 2.63. The molecule has 0 aliphatic heterocycles. The van der Waals surface area contributed by atoms with Gasteiger partial charge in [-0.1, -0.05) is 24.8 Å². The fourth-order valence-electron chi connectivity index (χ4n) is 1.34. The molecule has 0 aromatic heterocycles. The predicted molar refractivity (Wildman–Crippen MR) is 77.4 cm³/mol. The quantitative estimate of drug-likeness (QED) is 0.924. The first-order valence-electron chi connectivity index (χ1n) is 16.8. The summed E-state index contributed by atoms with van der Waals surface area (Å²) in [4.78, 5) is -1.15. The van der Waals surface area contributed by atoms with Crippen LogP contribution < -0.4 is 4.74 Å². The summed E-state index contributed by atoms with van der Waals surface area (Å²) in [6.07, 6.45) is -18.2. The standard InChI is InChI=1S/C16H25NO2/c1-17(2)12-14-7-4-5-10-16(14,18)13-8-6-9-15(11-13)19-3/h6,8-9,11,14,18H,4-5,7,10,12H2,1-3H3/i1D3,2D3,3D3,4D2,5D2,6D,7D2,8D,9D,10D2,11D,12D2,14D. The molecule has 1 aromatic rings. The molecule has 19 heavy (non-hydrogen) atoms.